The zero-order valence-corrected chi connectivity index (χ0v) is 16.9. The Hall–Kier alpha value is -1.76. The fourth-order valence-electron chi connectivity index (χ4n) is 3.21. The summed E-state index contributed by atoms with van der Waals surface area (Å²) in [6, 6.07) is 18.3. The van der Waals surface area contributed by atoms with E-state index in [2.05, 4.69) is 40.6 Å². The highest BCUT2D eigenvalue weighted by molar-refractivity contribution is 14.0. The third kappa shape index (κ3) is 5.36. The van der Waals surface area contributed by atoms with Gasteiger partial charge in [0.05, 0.1) is 7.11 Å². The molecule has 4 nitrogen and oxygen atoms in total. The van der Waals surface area contributed by atoms with Crippen molar-refractivity contribution in [2.45, 2.75) is 25.7 Å². The lowest BCUT2D eigenvalue weighted by molar-refractivity contribution is 0.145. The zero-order valence-electron chi connectivity index (χ0n) is 14.6. The van der Waals surface area contributed by atoms with Crippen molar-refractivity contribution >= 4 is 35.6 Å². The van der Waals surface area contributed by atoms with E-state index in [0.29, 0.717) is 5.96 Å². The molecule has 3 N–H and O–H groups in total. The predicted octanol–water partition coefficient (Wildman–Crippen LogP) is 4.45. The van der Waals surface area contributed by atoms with Crippen LogP contribution in [0.25, 0.3) is 0 Å². The molecule has 0 atom stereocenters. The molecule has 1 saturated carbocycles. The molecule has 134 valence electrons. The third-order valence-electron chi connectivity index (χ3n) is 4.78. The minimum absolute atomic E-state index is 0. The number of aliphatic imine (C=N–C) groups is 1. The van der Waals surface area contributed by atoms with E-state index in [1.54, 1.807) is 7.11 Å². The first-order chi connectivity index (χ1) is 11.7. The van der Waals surface area contributed by atoms with E-state index in [1.807, 2.05) is 24.3 Å². The van der Waals surface area contributed by atoms with Crippen LogP contribution < -0.4 is 15.8 Å². The van der Waals surface area contributed by atoms with Gasteiger partial charge in [-0.2, -0.15) is 0 Å². The van der Waals surface area contributed by atoms with Gasteiger partial charge >= 0.3 is 0 Å². The minimum Gasteiger partial charge on any atom is -0.497 e. The first kappa shape index (κ1) is 19.6. The maximum Gasteiger partial charge on any atom is 0.193 e. The van der Waals surface area contributed by atoms with E-state index in [9.17, 15) is 0 Å². The summed E-state index contributed by atoms with van der Waals surface area (Å²) in [6.45, 7) is 0.775. The number of hydrogen-bond acceptors (Lipinski definition) is 2. The first-order valence-electron chi connectivity index (χ1n) is 8.44. The van der Waals surface area contributed by atoms with Gasteiger partial charge in [-0.1, -0.05) is 36.8 Å². The number of guanidine groups is 1. The Bertz CT molecular complexity index is 682. The third-order valence-corrected chi connectivity index (χ3v) is 4.78. The summed E-state index contributed by atoms with van der Waals surface area (Å²) in [6.07, 6.45) is 4.81. The topological polar surface area (TPSA) is 59.6 Å². The largest absolute Gasteiger partial charge is 0.497 e. The second-order valence-corrected chi connectivity index (χ2v) is 6.57. The van der Waals surface area contributed by atoms with Gasteiger partial charge in [-0.05, 0) is 54.5 Å². The molecule has 0 saturated heterocycles. The van der Waals surface area contributed by atoms with Crippen molar-refractivity contribution in [1.29, 1.82) is 0 Å². The van der Waals surface area contributed by atoms with Gasteiger partial charge in [0.1, 0.15) is 5.75 Å². The second kappa shape index (κ2) is 9.08. The van der Waals surface area contributed by atoms with E-state index in [1.165, 1.54) is 24.8 Å². The van der Waals surface area contributed by atoms with Crippen LogP contribution in [0.4, 0.5) is 5.69 Å². The van der Waals surface area contributed by atoms with Crippen molar-refractivity contribution in [2.75, 3.05) is 19.0 Å². The molecule has 0 aliphatic heterocycles. The average molecular weight is 451 g/mol. The quantitative estimate of drug-likeness (QED) is 0.388. The number of rotatable bonds is 6. The highest BCUT2D eigenvalue weighted by Crippen LogP contribution is 2.44. The molecule has 0 radical (unpaired) electrons. The number of hydrogen-bond donors (Lipinski definition) is 2. The highest BCUT2D eigenvalue weighted by Gasteiger charge is 2.36. The molecule has 1 aliphatic carbocycles. The molecule has 0 spiro atoms. The van der Waals surface area contributed by atoms with Gasteiger partial charge in [0.2, 0.25) is 0 Å². The van der Waals surface area contributed by atoms with Crippen LogP contribution in [0.1, 0.15) is 24.8 Å². The predicted molar refractivity (Wildman–Crippen MR) is 115 cm³/mol. The van der Waals surface area contributed by atoms with Crippen LogP contribution in [0.5, 0.6) is 5.75 Å². The molecule has 0 unspecified atom stereocenters. The number of halogens is 1. The molecule has 0 bridgehead atoms. The summed E-state index contributed by atoms with van der Waals surface area (Å²) in [7, 11) is 1.66. The van der Waals surface area contributed by atoms with Crippen molar-refractivity contribution in [3.8, 4) is 5.75 Å². The van der Waals surface area contributed by atoms with E-state index >= 15 is 0 Å². The standard InChI is InChI=1S/C20H25N3O.HI/c1-24-18-10-8-17(9-11-18)23-19(21)22-15-20(12-5-13-20)14-16-6-3-2-4-7-16;/h2-4,6-11H,5,12-15H2,1H3,(H3,21,22,23);1H. The lowest BCUT2D eigenvalue weighted by Crippen LogP contribution is -2.36. The summed E-state index contributed by atoms with van der Waals surface area (Å²) >= 11 is 0. The molecule has 0 heterocycles. The minimum atomic E-state index is 0. The molecular weight excluding hydrogens is 425 g/mol. The molecule has 2 aromatic carbocycles. The maximum atomic E-state index is 6.06. The van der Waals surface area contributed by atoms with Crippen LogP contribution in [-0.4, -0.2) is 19.6 Å². The molecule has 0 aromatic heterocycles. The number of anilines is 1. The van der Waals surface area contributed by atoms with E-state index < -0.39 is 0 Å². The van der Waals surface area contributed by atoms with Gasteiger partial charge in [-0.3, -0.25) is 4.99 Å². The summed E-state index contributed by atoms with van der Waals surface area (Å²) in [4.78, 5) is 4.60. The smallest absolute Gasteiger partial charge is 0.193 e. The fraction of sp³-hybridized carbons (Fsp3) is 0.350. The molecule has 25 heavy (non-hydrogen) atoms. The van der Waals surface area contributed by atoms with E-state index in [4.69, 9.17) is 10.5 Å². The van der Waals surface area contributed by atoms with Gasteiger partial charge in [0.15, 0.2) is 5.96 Å². The summed E-state index contributed by atoms with van der Waals surface area (Å²) in [5.74, 6) is 1.30. The SMILES string of the molecule is COc1ccc(NC(N)=NCC2(Cc3ccccc3)CCC2)cc1.I. The van der Waals surface area contributed by atoms with Gasteiger partial charge < -0.3 is 15.8 Å². The number of nitrogens with two attached hydrogens (primary N) is 1. The van der Waals surface area contributed by atoms with E-state index in [-0.39, 0.29) is 29.4 Å². The monoisotopic (exact) mass is 451 g/mol. The van der Waals surface area contributed by atoms with Crippen molar-refractivity contribution in [1.82, 2.24) is 0 Å². The van der Waals surface area contributed by atoms with Crippen LogP contribution in [0.2, 0.25) is 0 Å². The van der Waals surface area contributed by atoms with E-state index in [0.717, 1.165) is 24.4 Å². The highest BCUT2D eigenvalue weighted by atomic mass is 127. The molecule has 3 rings (SSSR count). The molecule has 5 heteroatoms. The Balaban J connectivity index is 0.00000225. The van der Waals surface area contributed by atoms with Crippen LogP contribution >= 0.6 is 24.0 Å². The Morgan fingerprint density at radius 3 is 2.36 bits per heavy atom. The van der Waals surface area contributed by atoms with Crippen molar-refractivity contribution in [3.63, 3.8) is 0 Å². The van der Waals surface area contributed by atoms with Gasteiger partial charge in [-0.25, -0.2) is 0 Å². The number of benzene rings is 2. The van der Waals surface area contributed by atoms with Crippen LogP contribution in [0.15, 0.2) is 59.6 Å². The molecule has 0 amide bonds. The summed E-state index contributed by atoms with van der Waals surface area (Å²) in [5, 5.41) is 3.15. The lowest BCUT2D eigenvalue weighted by atomic mass is 9.65. The van der Waals surface area contributed by atoms with Crippen molar-refractivity contribution in [2.24, 2.45) is 16.1 Å². The Kier molecular flexibility index (Phi) is 7.11. The number of methoxy groups -OCH3 is 1. The summed E-state index contributed by atoms with van der Waals surface area (Å²) < 4.78 is 5.16. The lowest BCUT2D eigenvalue weighted by Gasteiger charge is -2.41. The van der Waals surface area contributed by atoms with Gasteiger partial charge in [0.25, 0.3) is 0 Å². The fourth-order valence-corrected chi connectivity index (χ4v) is 3.21. The maximum absolute atomic E-state index is 6.06. The van der Waals surface area contributed by atoms with Crippen LogP contribution in [0.3, 0.4) is 0 Å². The summed E-state index contributed by atoms with van der Waals surface area (Å²) in [5.41, 5.74) is 8.64. The van der Waals surface area contributed by atoms with Gasteiger partial charge in [0, 0.05) is 12.2 Å². The molecular formula is C20H26IN3O. The molecule has 1 fully saturated rings. The zero-order chi connectivity index (χ0) is 16.8. The Labute approximate surface area is 166 Å². The van der Waals surface area contributed by atoms with Gasteiger partial charge in [-0.15, -0.1) is 24.0 Å². The van der Waals surface area contributed by atoms with Crippen LogP contribution in [0, 0.1) is 5.41 Å². The number of nitrogens with one attached hydrogen (secondary N) is 1. The van der Waals surface area contributed by atoms with Crippen molar-refractivity contribution < 1.29 is 4.74 Å². The Morgan fingerprint density at radius 1 is 1.12 bits per heavy atom. The first-order valence-corrected chi connectivity index (χ1v) is 8.44. The average Bonchev–Trinajstić information content (AvgIpc) is 2.59. The Morgan fingerprint density at radius 2 is 1.80 bits per heavy atom. The second-order valence-electron chi connectivity index (χ2n) is 6.57. The number of nitrogens with zero attached hydrogens (tertiary/aromatic N) is 1. The van der Waals surface area contributed by atoms with Crippen molar-refractivity contribution in [3.05, 3.63) is 60.2 Å². The van der Waals surface area contributed by atoms with Crippen LogP contribution in [-0.2, 0) is 6.42 Å². The molecule has 2 aromatic rings. The number of ether oxygens (including phenoxy) is 1. The normalized spacial score (nSPS) is 15.6. The molecule has 1 aliphatic rings.